The van der Waals surface area contributed by atoms with E-state index in [9.17, 15) is 14.0 Å². The number of rotatable bonds is 2. The maximum Gasteiger partial charge on any atom is 0.345 e. The van der Waals surface area contributed by atoms with Crippen LogP contribution in [0, 0.1) is 5.82 Å². The smallest absolute Gasteiger partial charge is 0.345 e. The molecule has 1 N–H and O–H groups in total. The molecule has 0 spiro atoms. The van der Waals surface area contributed by atoms with Crippen molar-refractivity contribution in [1.29, 1.82) is 0 Å². The molecule has 2 rings (SSSR count). The molecule has 0 unspecified atom stereocenters. The van der Waals surface area contributed by atoms with Crippen LogP contribution >= 0.6 is 0 Å². The Kier molecular flexibility index (Phi) is 3.18. The van der Waals surface area contributed by atoms with Gasteiger partial charge in [-0.15, -0.1) is 0 Å². The minimum absolute atomic E-state index is 0.187. The fourth-order valence-corrected chi connectivity index (χ4v) is 1.43. The number of carbonyl (C=O) groups is 1. The number of halogens is 1. The molecule has 2 aromatic rings. The lowest BCUT2D eigenvalue weighted by atomic mass is 10.2. The molecule has 0 amide bonds. The Hall–Kier alpha value is -2.50. The number of aromatic amines is 1. The number of H-pyrrole nitrogens is 1. The molecule has 6 heteroatoms. The molecule has 92 valence electrons. The van der Waals surface area contributed by atoms with Gasteiger partial charge in [-0.3, -0.25) is 4.79 Å². The number of carbonyl (C=O) groups excluding carboxylic acids is 1. The third-order valence-corrected chi connectivity index (χ3v) is 2.30. The standard InChI is InChI=1S/C12H9FN2O3/c1-18-12(17)9-6-14-10(15-11(9)16)7-3-2-4-8(13)5-7/h2-6H,1H3,(H,14,15,16). The molecule has 0 saturated carbocycles. The van der Waals surface area contributed by atoms with Crippen molar-refractivity contribution in [3.8, 4) is 11.4 Å². The van der Waals surface area contributed by atoms with Crippen LogP contribution in [0.3, 0.4) is 0 Å². The van der Waals surface area contributed by atoms with E-state index in [1.54, 1.807) is 6.07 Å². The fourth-order valence-electron chi connectivity index (χ4n) is 1.43. The van der Waals surface area contributed by atoms with Crippen LogP contribution in [-0.2, 0) is 4.74 Å². The molecule has 1 aromatic carbocycles. The van der Waals surface area contributed by atoms with Gasteiger partial charge in [0.15, 0.2) is 0 Å². The fraction of sp³-hybridized carbons (Fsp3) is 0.0833. The Labute approximate surface area is 101 Å². The summed E-state index contributed by atoms with van der Waals surface area (Å²) < 4.78 is 17.4. The number of hydrogen-bond donors (Lipinski definition) is 1. The third-order valence-electron chi connectivity index (χ3n) is 2.30. The zero-order valence-corrected chi connectivity index (χ0v) is 9.44. The maximum absolute atomic E-state index is 13.0. The minimum Gasteiger partial charge on any atom is -0.465 e. The van der Waals surface area contributed by atoms with Gasteiger partial charge >= 0.3 is 5.97 Å². The van der Waals surface area contributed by atoms with Crippen LogP contribution in [0.1, 0.15) is 10.4 Å². The van der Waals surface area contributed by atoms with Gasteiger partial charge < -0.3 is 9.72 Å². The SMILES string of the molecule is COC(=O)c1cnc(-c2cccc(F)c2)[nH]c1=O. The van der Waals surface area contributed by atoms with Crippen LogP contribution in [0.2, 0.25) is 0 Å². The van der Waals surface area contributed by atoms with E-state index in [1.807, 2.05) is 0 Å². The largest absolute Gasteiger partial charge is 0.465 e. The molecule has 0 bridgehead atoms. The van der Waals surface area contributed by atoms with E-state index < -0.39 is 17.3 Å². The second-order valence-corrected chi connectivity index (χ2v) is 3.48. The third kappa shape index (κ3) is 2.27. The van der Waals surface area contributed by atoms with Crippen LogP contribution in [-0.4, -0.2) is 23.0 Å². The van der Waals surface area contributed by atoms with Crippen LogP contribution in [0.15, 0.2) is 35.3 Å². The Bertz CT molecular complexity index is 652. The molecule has 18 heavy (non-hydrogen) atoms. The van der Waals surface area contributed by atoms with E-state index in [0.717, 1.165) is 6.20 Å². The Morgan fingerprint density at radius 2 is 2.22 bits per heavy atom. The van der Waals surface area contributed by atoms with Gasteiger partial charge in [0.25, 0.3) is 5.56 Å². The van der Waals surface area contributed by atoms with E-state index in [-0.39, 0.29) is 11.4 Å². The molecule has 0 aliphatic heterocycles. The molecule has 0 aliphatic rings. The van der Waals surface area contributed by atoms with Crippen molar-refractivity contribution in [2.24, 2.45) is 0 Å². The minimum atomic E-state index is -0.769. The van der Waals surface area contributed by atoms with Crippen LogP contribution in [0.5, 0.6) is 0 Å². The van der Waals surface area contributed by atoms with Crippen molar-refractivity contribution in [2.75, 3.05) is 7.11 Å². The quantitative estimate of drug-likeness (QED) is 0.814. The first-order valence-corrected chi connectivity index (χ1v) is 5.05. The number of benzene rings is 1. The summed E-state index contributed by atoms with van der Waals surface area (Å²) in [5.74, 6) is -1.02. The second kappa shape index (κ2) is 4.79. The highest BCUT2D eigenvalue weighted by Crippen LogP contribution is 2.14. The first-order valence-electron chi connectivity index (χ1n) is 5.05. The first kappa shape index (κ1) is 12.0. The van der Waals surface area contributed by atoms with Crippen molar-refractivity contribution >= 4 is 5.97 Å². The molecule has 1 heterocycles. The number of nitrogens with one attached hydrogen (secondary N) is 1. The van der Waals surface area contributed by atoms with Gasteiger partial charge in [-0.1, -0.05) is 12.1 Å². The van der Waals surface area contributed by atoms with Crippen molar-refractivity contribution in [1.82, 2.24) is 9.97 Å². The van der Waals surface area contributed by atoms with E-state index in [4.69, 9.17) is 0 Å². The summed E-state index contributed by atoms with van der Waals surface area (Å²) in [5.41, 5.74) is -0.405. The number of hydrogen-bond acceptors (Lipinski definition) is 4. The first-order chi connectivity index (χ1) is 8.61. The number of methoxy groups -OCH3 is 1. The highest BCUT2D eigenvalue weighted by molar-refractivity contribution is 5.88. The predicted molar refractivity (Wildman–Crippen MR) is 61.6 cm³/mol. The number of ether oxygens (including phenoxy) is 1. The molecule has 0 fully saturated rings. The van der Waals surface area contributed by atoms with Gasteiger partial charge in [-0.25, -0.2) is 14.2 Å². The van der Waals surface area contributed by atoms with Crippen molar-refractivity contribution in [3.05, 3.63) is 52.2 Å². The number of nitrogens with zero attached hydrogens (tertiary/aromatic N) is 1. The molecular formula is C12H9FN2O3. The number of aromatic nitrogens is 2. The average molecular weight is 248 g/mol. The molecule has 0 atom stereocenters. The van der Waals surface area contributed by atoms with Crippen LogP contribution < -0.4 is 5.56 Å². The summed E-state index contributed by atoms with van der Waals surface area (Å²) in [5, 5.41) is 0. The van der Waals surface area contributed by atoms with E-state index >= 15 is 0 Å². The summed E-state index contributed by atoms with van der Waals surface area (Å²) in [6, 6.07) is 5.61. The molecule has 5 nitrogen and oxygen atoms in total. The average Bonchev–Trinajstić information content (AvgIpc) is 2.37. The zero-order chi connectivity index (χ0) is 13.1. The van der Waals surface area contributed by atoms with Gasteiger partial charge in [0.1, 0.15) is 17.2 Å². The van der Waals surface area contributed by atoms with Crippen molar-refractivity contribution in [2.45, 2.75) is 0 Å². The van der Waals surface area contributed by atoms with Crippen LogP contribution in [0.4, 0.5) is 4.39 Å². The lowest BCUT2D eigenvalue weighted by Gasteiger charge is -2.02. The Morgan fingerprint density at radius 1 is 1.44 bits per heavy atom. The summed E-state index contributed by atoms with van der Waals surface area (Å²) in [6.07, 6.45) is 1.10. The van der Waals surface area contributed by atoms with Gasteiger partial charge in [-0.2, -0.15) is 0 Å². The maximum atomic E-state index is 13.0. The molecule has 0 saturated heterocycles. The summed E-state index contributed by atoms with van der Waals surface area (Å²) in [4.78, 5) is 29.1. The highest BCUT2D eigenvalue weighted by atomic mass is 19.1. The monoisotopic (exact) mass is 248 g/mol. The zero-order valence-electron chi connectivity index (χ0n) is 9.44. The second-order valence-electron chi connectivity index (χ2n) is 3.48. The number of esters is 1. The summed E-state index contributed by atoms with van der Waals surface area (Å²) in [7, 11) is 1.17. The van der Waals surface area contributed by atoms with E-state index in [2.05, 4.69) is 14.7 Å². The van der Waals surface area contributed by atoms with E-state index in [0.29, 0.717) is 5.56 Å². The molecule has 0 aliphatic carbocycles. The topological polar surface area (TPSA) is 72.0 Å². The lowest BCUT2D eigenvalue weighted by Crippen LogP contribution is -2.20. The van der Waals surface area contributed by atoms with Gasteiger partial charge in [0.2, 0.25) is 0 Å². The Morgan fingerprint density at radius 3 is 2.83 bits per heavy atom. The predicted octanol–water partition coefficient (Wildman–Crippen LogP) is 1.36. The molecule has 1 aromatic heterocycles. The van der Waals surface area contributed by atoms with Gasteiger partial charge in [0.05, 0.1) is 7.11 Å². The Balaban J connectivity index is 2.47. The molecular weight excluding hydrogens is 239 g/mol. The highest BCUT2D eigenvalue weighted by Gasteiger charge is 2.12. The summed E-state index contributed by atoms with van der Waals surface area (Å²) in [6.45, 7) is 0. The van der Waals surface area contributed by atoms with Crippen molar-refractivity contribution in [3.63, 3.8) is 0 Å². The van der Waals surface area contributed by atoms with Crippen LogP contribution in [0.25, 0.3) is 11.4 Å². The normalized spacial score (nSPS) is 10.1. The van der Waals surface area contributed by atoms with Gasteiger partial charge in [0, 0.05) is 11.8 Å². The van der Waals surface area contributed by atoms with Crippen molar-refractivity contribution < 1.29 is 13.9 Å². The lowest BCUT2D eigenvalue weighted by molar-refractivity contribution is 0.0598. The van der Waals surface area contributed by atoms with Gasteiger partial charge in [-0.05, 0) is 12.1 Å². The molecule has 0 radical (unpaired) electrons. The van der Waals surface area contributed by atoms with E-state index in [1.165, 1.54) is 25.3 Å². The summed E-state index contributed by atoms with van der Waals surface area (Å²) >= 11 is 0.